The van der Waals surface area contributed by atoms with Gasteiger partial charge in [0.2, 0.25) is 5.78 Å². The third kappa shape index (κ3) is 3.51. The number of rotatable bonds is 5. The van der Waals surface area contributed by atoms with Gasteiger partial charge in [0.25, 0.3) is 0 Å². The van der Waals surface area contributed by atoms with Crippen LogP contribution in [0.4, 0.5) is 0 Å². The zero-order chi connectivity index (χ0) is 26.0. The molecule has 35 heavy (non-hydrogen) atoms. The zero-order valence-electron chi connectivity index (χ0n) is 20.3. The van der Waals surface area contributed by atoms with Gasteiger partial charge in [-0.15, -0.1) is 0 Å². The van der Waals surface area contributed by atoms with E-state index in [4.69, 9.17) is 4.84 Å². The van der Waals surface area contributed by atoms with Gasteiger partial charge in [-0.25, -0.2) is 0 Å². The van der Waals surface area contributed by atoms with Crippen molar-refractivity contribution in [3.63, 3.8) is 0 Å². The number of benzene rings is 1. The van der Waals surface area contributed by atoms with Gasteiger partial charge >= 0.3 is 0 Å². The number of phenols is 1. The fourth-order valence-electron chi connectivity index (χ4n) is 5.87. The highest BCUT2D eigenvalue weighted by Crippen LogP contribution is 2.52. The maximum absolute atomic E-state index is 13.6. The van der Waals surface area contributed by atoms with Gasteiger partial charge in [0.05, 0.1) is 18.7 Å². The van der Waals surface area contributed by atoms with Gasteiger partial charge in [-0.2, -0.15) is 5.06 Å². The lowest BCUT2D eigenvalue weighted by Gasteiger charge is -2.50. The molecule has 4 N–H and O–H groups in total. The molecule has 4 atom stereocenters. The van der Waals surface area contributed by atoms with Gasteiger partial charge in [-0.1, -0.05) is 6.07 Å². The van der Waals surface area contributed by atoms with E-state index in [-0.39, 0.29) is 29.7 Å². The van der Waals surface area contributed by atoms with Gasteiger partial charge in [0, 0.05) is 25.1 Å². The Labute approximate surface area is 202 Å². The van der Waals surface area contributed by atoms with Gasteiger partial charge in [-0.3, -0.25) is 19.3 Å². The number of aliphatic hydroxyl groups excluding tert-OH is 2. The second kappa shape index (κ2) is 8.56. The van der Waals surface area contributed by atoms with Crippen molar-refractivity contribution in [1.29, 1.82) is 0 Å². The molecule has 0 bridgehead atoms. The Kier molecular flexibility index (Phi) is 6.13. The number of hydrogen-bond acceptors (Lipinski definition) is 10. The van der Waals surface area contributed by atoms with Gasteiger partial charge < -0.3 is 25.3 Å². The SMILES string of the molecule is CON(C)Cc1ccc(O)c2c1C[C@H]1C[C@H]3[C@H](N(C)C)C(O)=C(C(C)=O)C(=O)[C@@]3(O)C(O)=C1C2=O. The molecule has 10 nitrogen and oxygen atoms in total. The van der Waals surface area contributed by atoms with E-state index in [1.165, 1.54) is 13.2 Å². The summed E-state index contributed by atoms with van der Waals surface area (Å²) in [6.45, 7) is 1.43. The van der Waals surface area contributed by atoms with E-state index in [0.717, 1.165) is 12.5 Å². The van der Waals surface area contributed by atoms with Crippen LogP contribution in [0.25, 0.3) is 0 Å². The first-order valence-corrected chi connectivity index (χ1v) is 11.3. The molecule has 0 unspecified atom stereocenters. The molecule has 0 fully saturated rings. The van der Waals surface area contributed by atoms with E-state index < -0.39 is 57.9 Å². The third-order valence-corrected chi connectivity index (χ3v) is 7.51. The molecule has 3 aliphatic rings. The molecule has 188 valence electrons. The molecule has 4 rings (SSSR count). The normalized spacial score (nSPS) is 28.4. The number of ketones is 3. The molecule has 1 aromatic rings. The number of nitrogens with zero attached hydrogens (tertiary/aromatic N) is 2. The molecule has 1 aromatic carbocycles. The monoisotopic (exact) mass is 486 g/mol. The average Bonchev–Trinajstić information content (AvgIpc) is 2.77. The lowest BCUT2D eigenvalue weighted by Crippen LogP contribution is -2.63. The predicted octanol–water partition coefficient (Wildman–Crippen LogP) is 1.22. The first-order chi connectivity index (χ1) is 16.4. The van der Waals surface area contributed by atoms with E-state index in [1.807, 2.05) is 0 Å². The quantitative estimate of drug-likeness (QED) is 0.354. The smallest absolute Gasteiger partial charge is 0.209 e. The summed E-state index contributed by atoms with van der Waals surface area (Å²) in [5, 5.41) is 45.9. The third-order valence-electron chi connectivity index (χ3n) is 7.51. The van der Waals surface area contributed by atoms with E-state index >= 15 is 0 Å². The van der Waals surface area contributed by atoms with Crippen molar-refractivity contribution in [3.05, 3.63) is 51.5 Å². The number of allylic oxidation sites excluding steroid dienone is 1. The van der Waals surface area contributed by atoms with Crippen LogP contribution in [0, 0.1) is 11.8 Å². The number of carbonyl (C=O) groups is 3. The second-order valence-corrected chi connectivity index (χ2v) is 9.72. The first-order valence-electron chi connectivity index (χ1n) is 11.3. The summed E-state index contributed by atoms with van der Waals surface area (Å²) in [5.74, 6) is -5.72. The van der Waals surface area contributed by atoms with Gasteiger partial charge in [0.1, 0.15) is 22.8 Å². The van der Waals surface area contributed by atoms with Crippen molar-refractivity contribution >= 4 is 17.3 Å². The van der Waals surface area contributed by atoms with Crippen LogP contribution in [0.5, 0.6) is 5.75 Å². The number of aromatic hydroxyl groups is 1. The second-order valence-electron chi connectivity index (χ2n) is 9.72. The van der Waals surface area contributed by atoms with E-state index in [9.17, 15) is 34.8 Å². The molecule has 0 saturated carbocycles. The highest BCUT2D eigenvalue weighted by molar-refractivity contribution is 6.25. The summed E-state index contributed by atoms with van der Waals surface area (Å²) in [6.07, 6.45) is 0.340. The number of hydrogen-bond donors (Lipinski definition) is 4. The Balaban J connectivity index is 1.92. The summed E-state index contributed by atoms with van der Waals surface area (Å²) < 4.78 is 0. The van der Waals surface area contributed by atoms with Crippen LogP contribution >= 0.6 is 0 Å². The number of fused-ring (bicyclic) bond motifs is 3. The number of aliphatic hydroxyl groups is 3. The Morgan fingerprint density at radius 2 is 1.83 bits per heavy atom. The Morgan fingerprint density at radius 1 is 1.17 bits per heavy atom. The fourth-order valence-corrected chi connectivity index (χ4v) is 5.87. The Hall–Kier alpha value is -3.05. The van der Waals surface area contributed by atoms with Crippen LogP contribution in [-0.2, 0) is 27.4 Å². The van der Waals surface area contributed by atoms with Crippen LogP contribution in [0.1, 0.15) is 34.8 Å². The Bertz CT molecular complexity index is 1200. The van der Waals surface area contributed by atoms with Crippen molar-refractivity contribution in [2.45, 2.75) is 38.0 Å². The summed E-state index contributed by atoms with van der Waals surface area (Å²) in [7, 11) is 6.49. The molecule has 3 aliphatic carbocycles. The van der Waals surface area contributed by atoms with Crippen LogP contribution in [0.15, 0.2) is 34.8 Å². The molecular formula is C25H30N2O8. The van der Waals surface area contributed by atoms with Crippen molar-refractivity contribution in [3.8, 4) is 5.75 Å². The van der Waals surface area contributed by atoms with Crippen molar-refractivity contribution in [1.82, 2.24) is 9.96 Å². The topological polar surface area (TPSA) is 148 Å². The maximum atomic E-state index is 13.6. The highest BCUT2D eigenvalue weighted by atomic mass is 16.7. The lowest BCUT2D eigenvalue weighted by molar-refractivity contribution is -0.148. The number of phenolic OH excluding ortho intramolecular Hbond substituents is 1. The predicted molar refractivity (Wildman–Crippen MR) is 124 cm³/mol. The van der Waals surface area contributed by atoms with Gasteiger partial charge in [0.15, 0.2) is 17.2 Å². The van der Waals surface area contributed by atoms with E-state index in [0.29, 0.717) is 12.1 Å². The molecule has 0 saturated heterocycles. The largest absolute Gasteiger partial charge is 0.510 e. The van der Waals surface area contributed by atoms with Crippen LogP contribution < -0.4 is 0 Å². The minimum absolute atomic E-state index is 0.00412. The molecular weight excluding hydrogens is 456 g/mol. The molecule has 0 amide bonds. The molecule has 0 aliphatic heterocycles. The lowest BCUT2D eigenvalue weighted by atomic mass is 9.58. The highest BCUT2D eigenvalue weighted by Gasteiger charge is 2.63. The van der Waals surface area contributed by atoms with Crippen LogP contribution in [0.2, 0.25) is 0 Å². The summed E-state index contributed by atoms with van der Waals surface area (Å²) >= 11 is 0. The minimum Gasteiger partial charge on any atom is -0.510 e. The summed E-state index contributed by atoms with van der Waals surface area (Å²) in [4.78, 5) is 46.0. The first kappa shape index (κ1) is 25.1. The minimum atomic E-state index is -2.56. The number of carbonyl (C=O) groups excluding carboxylic acids is 3. The van der Waals surface area contributed by atoms with Gasteiger partial charge in [-0.05, 0) is 57.0 Å². The molecule has 0 aromatic heterocycles. The van der Waals surface area contributed by atoms with E-state index in [1.54, 1.807) is 37.2 Å². The standard InChI is InChI=1S/C25H30N2O8/c1-11(28)17-22(31)20(26(2)3)15-9-13-8-14-12(10-27(4)35-5)6-7-16(29)19(14)21(30)18(13)24(33)25(15,34)23(17)32/h6-7,13,15,20,29,31,33-34H,8-10H2,1-5H3/t13-,15-,20-,25+/m0/s1. The van der Waals surface area contributed by atoms with Crippen LogP contribution in [0.3, 0.4) is 0 Å². The molecule has 0 heterocycles. The number of Topliss-reactive ketones (excluding diaryl/α,β-unsaturated/α-hetero) is 3. The molecule has 0 spiro atoms. The maximum Gasteiger partial charge on any atom is 0.209 e. The average molecular weight is 487 g/mol. The molecule has 10 heteroatoms. The summed E-state index contributed by atoms with van der Waals surface area (Å²) in [5.41, 5.74) is -1.96. The number of likely N-dealkylation sites (N-methyl/N-ethyl adjacent to an activating group) is 1. The van der Waals surface area contributed by atoms with Crippen LogP contribution in [-0.4, -0.2) is 87.6 Å². The molecule has 0 radical (unpaired) electrons. The Morgan fingerprint density at radius 3 is 2.40 bits per heavy atom. The van der Waals surface area contributed by atoms with Crippen molar-refractivity contribution < 1.29 is 39.6 Å². The van der Waals surface area contributed by atoms with E-state index in [2.05, 4.69) is 0 Å². The summed E-state index contributed by atoms with van der Waals surface area (Å²) in [6, 6.07) is 2.14. The fraction of sp³-hybridized carbons (Fsp3) is 0.480. The number of hydroxylamine groups is 2. The zero-order valence-corrected chi connectivity index (χ0v) is 20.3. The van der Waals surface area contributed by atoms with Crippen molar-refractivity contribution in [2.75, 3.05) is 28.3 Å². The van der Waals surface area contributed by atoms with Crippen molar-refractivity contribution in [2.24, 2.45) is 11.8 Å².